The van der Waals surface area contributed by atoms with Gasteiger partial charge in [0, 0.05) is 25.7 Å². The van der Waals surface area contributed by atoms with Crippen molar-refractivity contribution in [1.29, 1.82) is 0 Å². The highest BCUT2D eigenvalue weighted by Crippen LogP contribution is 2.45. The average molecular weight is 1410 g/mol. The summed E-state index contributed by atoms with van der Waals surface area (Å²) in [7, 11) is -9.92. The van der Waals surface area contributed by atoms with Crippen molar-refractivity contribution in [3.8, 4) is 0 Å². The molecule has 0 aliphatic heterocycles. The summed E-state index contributed by atoms with van der Waals surface area (Å²) in [6, 6.07) is 0. The lowest BCUT2D eigenvalue weighted by Crippen LogP contribution is -2.30. The normalized spacial score (nSPS) is 14.6. The van der Waals surface area contributed by atoms with E-state index in [2.05, 4.69) is 48.5 Å². The van der Waals surface area contributed by atoms with Gasteiger partial charge in [0.15, 0.2) is 12.2 Å². The maximum Gasteiger partial charge on any atom is 0.472 e. The first-order valence-electron chi connectivity index (χ1n) is 39.9. The lowest BCUT2D eigenvalue weighted by Gasteiger charge is -2.21. The van der Waals surface area contributed by atoms with Crippen molar-refractivity contribution >= 4 is 39.5 Å². The van der Waals surface area contributed by atoms with Gasteiger partial charge in [-0.1, -0.05) is 344 Å². The number of rotatable bonds is 75. The summed E-state index contributed by atoms with van der Waals surface area (Å²) in [5, 5.41) is 10.6. The molecule has 7 atom stereocenters. The molecule has 0 aliphatic rings. The molecule has 0 aliphatic carbocycles. The number of ether oxygens (including phenoxy) is 4. The molecule has 0 radical (unpaired) electrons. The van der Waals surface area contributed by atoms with Gasteiger partial charge in [0.05, 0.1) is 26.4 Å². The van der Waals surface area contributed by atoms with Crippen LogP contribution in [-0.4, -0.2) is 96.7 Å². The van der Waals surface area contributed by atoms with Crippen LogP contribution >= 0.6 is 15.6 Å². The van der Waals surface area contributed by atoms with Gasteiger partial charge >= 0.3 is 39.5 Å². The third-order valence-corrected chi connectivity index (χ3v) is 20.5. The van der Waals surface area contributed by atoms with Gasteiger partial charge < -0.3 is 33.8 Å². The summed E-state index contributed by atoms with van der Waals surface area (Å²) in [5.41, 5.74) is 0. The fraction of sp³-hybridized carbons (Fsp3) is 0.948. The van der Waals surface area contributed by atoms with E-state index in [0.717, 1.165) is 108 Å². The highest BCUT2D eigenvalue weighted by molar-refractivity contribution is 7.47. The van der Waals surface area contributed by atoms with Gasteiger partial charge in [-0.3, -0.25) is 37.3 Å². The fourth-order valence-corrected chi connectivity index (χ4v) is 13.3. The molecule has 0 saturated heterocycles. The Morgan fingerprint density at radius 1 is 0.302 bits per heavy atom. The van der Waals surface area contributed by atoms with Crippen LogP contribution in [0.5, 0.6) is 0 Å². The summed E-state index contributed by atoms with van der Waals surface area (Å²) in [6.45, 7) is 11.9. The minimum atomic E-state index is -4.96. The molecule has 19 heteroatoms. The van der Waals surface area contributed by atoms with Crippen LogP contribution in [0.3, 0.4) is 0 Å². The predicted molar refractivity (Wildman–Crippen MR) is 391 cm³/mol. The largest absolute Gasteiger partial charge is 0.472 e. The summed E-state index contributed by atoms with van der Waals surface area (Å²) in [6.07, 6.45) is 53.9. The van der Waals surface area contributed by atoms with Crippen LogP contribution in [0.2, 0.25) is 0 Å². The minimum Gasteiger partial charge on any atom is -0.462 e. The van der Waals surface area contributed by atoms with Crippen LogP contribution in [0, 0.1) is 17.8 Å². The molecule has 0 aromatic heterocycles. The highest BCUT2D eigenvalue weighted by Gasteiger charge is 2.30. The van der Waals surface area contributed by atoms with Crippen molar-refractivity contribution in [2.45, 2.75) is 414 Å². The van der Waals surface area contributed by atoms with Gasteiger partial charge in [-0.25, -0.2) is 9.13 Å². The zero-order valence-corrected chi connectivity index (χ0v) is 64.6. The van der Waals surface area contributed by atoms with Crippen molar-refractivity contribution < 1.29 is 80.2 Å². The second-order valence-corrected chi connectivity index (χ2v) is 31.6. The van der Waals surface area contributed by atoms with Gasteiger partial charge in [0.2, 0.25) is 0 Å². The second-order valence-electron chi connectivity index (χ2n) is 28.7. The molecule has 0 bridgehead atoms. The number of aliphatic hydroxyl groups is 1. The van der Waals surface area contributed by atoms with E-state index in [1.807, 2.05) is 0 Å². The van der Waals surface area contributed by atoms with Gasteiger partial charge in [0.25, 0.3) is 0 Å². The quantitative estimate of drug-likeness (QED) is 0.0222. The smallest absolute Gasteiger partial charge is 0.462 e. The topological polar surface area (TPSA) is 237 Å². The molecule has 17 nitrogen and oxygen atoms in total. The summed E-state index contributed by atoms with van der Waals surface area (Å²) >= 11 is 0. The molecular weight excluding hydrogens is 1260 g/mol. The molecule has 0 aromatic carbocycles. The van der Waals surface area contributed by atoms with Crippen LogP contribution in [0.25, 0.3) is 0 Å². The molecule has 0 spiro atoms. The van der Waals surface area contributed by atoms with Crippen LogP contribution < -0.4 is 0 Å². The van der Waals surface area contributed by atoms with Gasteiger partial charge in [-0.2, -0.15) is 0 Å². The first-order chi connectivity index (χ1) is 46.3. The first-order valence-corrected chi connectivity index (χ1v) is 42.9. The fourth-order valence-electron chi connectivity index (χ4n) is 11.7. The number of hydrogen-bond donors (Lipinski definition) is 3. The standard InChI is InChI=1S/C77H150O17P2/c1-8-11-12-13-14-15-16-17-18-22-25-28-37-44-51-58-74(79)87-64-72(93-76(81)60-53-46-39-29-26-23-20-19-21-24-27-34-41-48-55-68(4)5)66-91-95(83,84)89-62-71(78)63-90-96(85,86)92-67-73(94-77(82)61-54-47-40-33-31-36-43-50-57-70(7)10-3)65-88-75(80)59-52-45-38-32-30-35-42-49-56-69(6)9-2/h68-73,78H,8-67H2,1-7H3,(H,83,84)(H,85,86)/t69?,70?,71-,72-,73-/m1/s1. The number of esters is 4. The Morgan fingerprint density at radius 2 is 0.531 bits per heavy atom. The number of aliphatic hydroxyl groups excluding tert-OH is 1. The molecule has 0 amide bonds. The van der Waals surface area contributed by atoms with E-state index < -0.39 is 97.5 Å². The van der Waals surface area contributed by atoms with Gasteiger partial charge in [0.1, 0.15) is 19.3 Å². The maximum absolute atomic E-state index is 13.1. The van der Waals surface area contributed by atoms with Gasteiger partial charge in [-0.05, 0) is 43.4 Å². The SMILES string of the molecule is CCCCCCCCCCCCCCCCCC(=O)OC[C@H](COP(=O)(O)OC[C@@H](O)COP(=O)(O)OC[C@@H](COC(=O)CCCCCCCCCCC(C)CC)OC(=O)CCCCCCCCCCC(C)CC)OC(=O)CCCCCCCCCCCCCCCCC(C)C. The van der Waals surface area contributed by atoms with E-state index in [4.69, 9.17) is 37.0 Å². The van der Waals surface area contributed by atoms with Crippen molar-refractivity contribution in [2.75, 3.05) is 39.6 Å². The molecular formula is C77H150O17P2. The molecule has 4 unspecified atom stereocenters. The van der Waals surface area contributed by atoms with Crippen molar-refractivity contribution in [2.24, 2.45) is 17.8 Å². The number of phosphoric ester groups is 2. The summed E-state index contributed by atoms with van der Waals surface area (Å²) in [4.78, 5) is 72.9. The third-order valence-electron chi connectivity index (χ3n) is 18.6. The van der Waals surface area contributed by atoms with E-state index in [9.17, 15) is 43.2 Å². The van der Waals surface area contributed by atoms with Crippen LogP contribution in [0.1, 0.15) is 395 Å². The van der Waals surface area contributed by atoms with E-state index in [1.54, 1.807) is 0 Å². The van der Waals surface area contributed by atoms with Crippen molar-refractivity contribution in [1.82, 2.24) is 0 Å². The van der Waals surface area contributed by atoms with E-state index >= 15 is 0 Å². The van der Waals surface area contributed by atoms with Crippen LogP contribution in [-0.2, 0) is 65.4 Å². The summed E-state index contributed by atoms with van der Waals surface area (Å²) < 4.78 is 68.6. The molecule has 0 fully saturated rings. The lowest BCUT2D eigenvalue weighted by molar-refractivity contribution is -0.161. The van der Waals surface area contributed by atoms with Crippen LogP contribution in [0.4, 0.5) is 0 Å². The maximum atomic E-state index is 13.1. The van der Waals surface area contributed by atoms with Crippen molar-refractivity contribution in [3.63, 3.8) is 0 Å². The number of phosphoric acid groups is 2. The predicted octanol–water partition coefficient (Wildman–Crippen LogP) is 22.6. The average Bonchev–Trinajstić information content (AvgIpc) is 1.29. The molecule has 0 aromatic rings. The Kier molecular flexibility index (Phi) is 66.2. The molecule has 0 rings (SSSR count). The summed E-state index contributed by atoms with van der Waals surface area (Å²) in [5.74, 6) is 0.225. The number of carbonyl (C=O) groups excluding carboxylic acids is 4. The Morgan fingerprint density at radius 3 is 0.792 bits per heavy atom. The van der Waals surface area contributed by atoms with Crippen LogP contribution in [0.15, 0.2) is 0 Å². The third kappa shape index (κ3) is 67.9. The zero-order valence-electron chi connectivity index (χ0n) is 62.8. The monoisotopic (exact) mass is 1410 g/mol. The number of carbonyl (C=O) groups is 4. The van der Waals surface area contributed by atoms with Crippen molar-refractivity contribution in [3.05, 3.63) is 0 Å². The molecule has 0 saturated carbocycles. The van der Waals surface area contributed by atoms with E-state index in [-0.39, 0.29) is 25.7 Å². The Hall–Kier alpha value is -1.94. The zero-order chi connectivity index (χ0) is 70.9. The minimum absolute atomic E-state index is 0.105. The number of unbranched alkanes of at least 4 members (excludes halogenated alkanes) is 41. The number of hydrogen-bond acceptors (Lipinski definition) is 15. The Labute approximate surface area is 588 Å². The second kappa shape index (κ2) is 67.5. The lowest BCUT2D eigenvalue weighted by atomic mass is 9.99. The van der Waals surface area contributed by atoms with E-state index in [1.165, 1.54) is 205 Å². The Bertz CT molecular complexity index is 1870. The van der Waals surface area contributed by atoms with E-state index in [0.29, 0.717) is 25.7 Å². The Balaban J connectivity index is 5.27. The highest BCUT2D eigenvalue weighted by atomic mass is 31.2. The first kappa shape index (κ1) is 94.1. The molecule has 0 heterocycles. The molecule has 96 heavy (non-hydrogen) atoms. The molecule has 3 N–H and O–H groups in total. The molecule has 570 valence electrons. The van der Waals surface area contributed by atoms with Gasteiger partial charge in [-0.15, -0.1) is 0 Å².